The summed E-state index contributed by atoms with van der Waals surface area (Å²) < 4.78 is 0. The summed E-state index contributed by atoms with van der Waals surface area (Å²) in [5.41, 5.74) is 2.86. The number of rotatable bonds is 2. The monoisotopic (exact) mass is 267 g/mol. The number of aliphatic hydroxyl groups is 1. The maximum Gasteiger partial charge on any atom is 0.0914 e. The highest BCUT2D eigenvalue weighted by Crippen LogP contribution is 2.43. The fraction of sp³-hybridized carbons (Fsp3) is 0.389. The van der Waals surface area contributed by atoms with Gasteiger partial charge in [-0.3, -0.25) is 4.98 Å². The Morgan fingerprint density at radius 3 is 2.45 bits per heavy atom. The van der Waals surface area contributed by atoms with Crippen LogP contribution in [0.15, 0.2) is 48.8 Å². The lowest BCUT2D eigenvalue weighted by Gasteiger charge is -2.37. The predicted molar refractivity (Wildman–Crippen MR) is 80.5 cm³/mol. The first-order valence-electron chi connectivity index (χ1n) is 7.37. The van der Waals surface area contributed by atoms with Crippen molar-refractivity contribution in [3.05, 3.63) is 65.5 Å². The van der Waals surface area contributed by atoms with Crippen LogP contribution in [0.5, 0.6) is 0 Å². The van der Waals surface area contributed by atoms with E-state index in [1.807, 2.05) is 12.3 Å². The van der Waals surface area contributed by atoms with Crippen molar-refractivity contribution < 1.29 is 5.11 Å². The molecule has 0 unspecified atom stereocenters. The number of benzene rings is 1. The molecule has 20 heavy (non-hydrogen) atoms. The molecule has 0 aliphatic heterocycles. The van der Waals surface area contributed by atoms with Crippen LogP contribution in [-0.4, -0.2) is 10.1 Å². The van der Waals surface area contributed by atoms with Crippen molar-refractivity contribution >= 4 is 0 Å². The van der Waals surface area contributed by atoms with E-state index in [-0.39, 0.29) is 0 Å². The van der Waals surface area contributed by atoms with Crippen molar-refractivity contribution in [3.8, 4) is 0 Å². The third kappa shape index (κ3) is 2.48. The van der Waals surface area contributed by atoms with Crippen LogP contribution in [0.25, 0.3) is 0 Å². The summed E-state index contributed by atoms with van der Waals surface area (Å²) in [6.45, 7) is 2.05. The van der Waals surface area contributed by atoms with Crippen molar-refractivity contribution in [2.24, 2.45) is 0 Å². The van der Waals surface area contributed by atoms with Gasteiger partial charge in [0.15, 0.2) is 0 Å². The predicted octanol–water partition coefficient (Wildman–Crippen LogP) is 3.94. The lowest BCUT2D eigenvalue weighted by Crippen LogP contribution is -2.31. The van der Waals surface area contributed by atoms with Crippen molar-refractivity contribution in [1.82, 2.24) is 4.98 Å². The zero-order valence-corrected chi connectivity index (χ0v) is 11.9. The summed E-state index contributed by atoms with van der Waals surface area (Å²) in [7, 11) is 0. The second-order valence-corrected chi connectivity index (χ2v) is 5.91. The fourth-order valence-corrected chi connectivity index (χ4v) is 3.37. The SMILES string of the molecule is Cc1ccncc1C1(O)CCC(c2ccccc2)CC1. The largest absolute Gasteiger partial charge is 0.385 e. The van der Waals surface area contributed by atoms with E-state index in [9.17, 15) is 5.11 Å². The highest BCUT2D eigenvalue weighted by Gasteiger charge is 2.36. The molecule has 0 atom stereocenters. The van der Waals surface area contributed by atoms with Crippen LogP contribution in [0.2, 0.25) is 0 Å². The average Bonchev–Trinajstić information content (AvgIpc) is 2.49. The van der Waals surface area contributed by atoms with Crippen LogP contribution in [-0.2, 0) is 5.60 Å². The van der Waals surface area contributed by atoms with E-state index in [2.05, 4.69) is 42.2 Å². The van der Waals surface area contributed by atoms with Gasteiger partial charge in [0, 0.05) is 18.0 Å². The summed E-state index contributed by atoms with van der Waals surface area (Å²) in [6, 6.07) is 12.6. The Balaban J connectivity index is 1.77. The zero-order valence-electron chi connectivity index (χ0n) is 11.9. The Labute approximate surface area is 120 Å². The van der Waals surface area contributed by atoms with E-state index in [0.717, 1.165) is 36.8 Å². The molecule has 2 nitrogen and oxygen atoms in total. The van der Waals surface area contributed by atoms with Crippen LogP contribution in [0.3, 0.4) is 0 Å². The molecule has 1 N–H and O–H groups in total. The average molecular weight is 267 g/mol. The third-order valence-electron chi connectivity index (χ3n) is 4.62. The third-order valence-corrected chi connectivity index (χ3v) is 4.62. The van der Waals surface area contributed by atoms with Gasteiger partial charge in [-0.2, -0.15) is 0 Å². The highest BCUT2D eigenvalue weighted by molar-refractivity contribution is 5.29. The lowest BCUT2D eigenvalue weighted by molar-refractivity contribution is -0.00649. The van der Waals surface area contributed by atoms with Crippen molar-refractivity contribution in [3.63, 3.8) is 0 Å². The summed E-state index contributed by atoms with van der Waals surface area (Å²) >= 11 is 0. The molecule has 0 radical (unpaired) electrons. The molecule has 2 aromatic rings. The Bertz CT molecular complexity index is 571. The first-order valence-corrected chi connectivity index (χ1v) is 7.37. The molecule has 104 valence electrons. The van der Waals surface area contributed by atoms with Crippen LogP contribution in [0.4, 0.5) is 0 Å². The standard InChI is InChI=1S/C18H21NO/c1-14-9-12-19-13-17(14)18(20)10-7-16(8-11-18)15-5-3-2-4-6-15/h2-6,9,12-13,16,20H,7-8,10-11H2,1H3. The lowest BCUT2D eigenvalue weighted by atomic mass is 9.73. The summed E-state index contributed by atoms with van der Waals surface area (Å²) in [5.74, 6) is 0.577. The maximum absolute atomic E-state index is 10.9. The van der Waals surface area contributed by atoms with E-state index >= 15 is 0 Å². The summed E-state index contributed by atoms with van der Waals surface area (Å²) in [4.78, 5) is 4.18. The molecular formula is C18H21NO. The number of aryl methyl sites for hydroxylation is 1. The first-order chi connectivity index (χ1) is 9.69. The topological polar surface area (TPSA) is 33.1 Å². The highest BCUT2D eigenvalue weighted by atomic mass is 16.3. The zero-order chi connectivity index (χ0) is 14.0. The van der Waals surface area contributed by atoms with E-state index in [0.29, 0.717) is 5.92 Å². The minimum Gasteiger partial charge on any atom is -0.385 e. The number of hydrogen-bond acceptors (Lipinski definition) is 2. The van der Waals surface area contributed by atoms with Crippen LogP contribution < -0.4 is 0 Å². The molecule has 1 saturated carbocycles. The normalized spacial score (nSPS) is 26.4. The van der Waals surface area contributed by atoms with Crippen LogP contribution >= 0.6 is 0 Å². The van der Waals surface area contributed by atoms with Gasteiger partial charge in [-0.25, -0.2) is 0 Å². The molecule has 1 aromatic carbocycles. The number of pyridine rings is 1. The van der Waals surface area contributed by atoms with Gasteiger partial charge in [-0.05, 0) is 55.7 Å². The van der Waals surface area contributed by atoms with Gasteiger partial charge in [0.05, 0.1) is 5.60 Å². The van der Waals surface area contributed by atoms with Gasteiger partial charge in [-0.1, -0.05) is 30.3 Å². The number of hydrogen-bond donors (Lipinski definition) is 1. The van der Waals surface area contributed by atoms with Gasteiger partial charge in [0.1, 0.15) is 0 Å². The number of nitrogens with zero attached hydrogens (tertiary/aromatic N) is 1. The molecule has 0 amide bonds. The smallest absolute Gasteiger partial charge is 0.0914 e. The van der Waals surface area contributed by atoms with Gasteiger partial charge >= 0.3 is 0 Å². The molecule has 1 aromatic heterocycles. The Morgan fingerprint density at radius 1 is 1.10 bits per heavy atom. The van der Waals surface area contributed by atoms with E-state index in [4.69, 9.17) is 0 Å². The molecule has 2 heteroatoms. The Kier molecular flexibility index (Phi) is 3.58. The molecule has 0 bridgehead atoms. The van der Waals surface area contributed by atoms with Crippen LogP contribution in [0, 0.1) is 6.92 Å². The van der Waals surface area contributed by atoms with Gasteiger partial charge in [-0.15, -0.1) is 0 Å². The second-order valence-electron chi connectivity index (χ2n) is 5.91. The van der Waals surface area contributed by atoms with Crippen molar-refractivity contribution in [2.75, 3.05) is 0 Å². The summed E-state index contributed by atoms with van der Waals surface area (Å²) in [6.07, 6.45) is 7.33. The quantitative estimate of drug-likeness (QED) is 0.894. The molecule has 0 saturated heterocycles. The van der Waals surface area contributed by atoms with Gasteiger partial charge in [0.25, 0.3) is 0 Å². The Morgan fingerprint density at radius 2 is 1.80 bits per heavy atom. The van der Waals surface area contributed by atoms with E-state index in [1.54, 1.807) is 6.20 Å². The fourth-order valence-electron chi connectivity index (χ4n) is 3.37. The second kappa shape index (κ2) is 5.37. The van der Waals surface area contributed by atoms with Crippen molar-refractivity contribution in [2.45, 2.75) is 44.1 Å². The Hall–Kier alpha value is -1.67. The molecule has 1 heterocycles. The van der Waals surface area contributed by atoms with E-state index < -0.39 is 5.60 Å². The van der Waals surface area contributed by atoms with Gasteiger partial charge in [0.2, 0.25) is 0 Å². The number of aromatic nitrogens is 1. The van der Waals surface area contributed by atoms with Gasteiger partial charge < -0.3 is 5.11 Å². The molecule has 1 aliphatic carbocycles. The molecule has 0 spiro atoms. The molecular weight excluding hydrogens is 246 g/mol. The maximum atomic E-state index is 10.9. The minimum atomic E-state index is -0.691. The molecule has 3 rings (SSSR count). The molecule has 1 aliphatic rings. The molecule has 1 fully saturated rings. The summed E-state index contributed by atoms with van der Waals surface area (Å²) in [5, 5.41) is 10.9. The minimum absolute atomic E-state index is 0.577. The van der Waals surface area contributed by atoms with E-state index in [1.165, 1.54) is 5.56 Å². The van der Waals surface area contributed by atoms with Crippen LogP contribution in [0.1, 0.15) is 48.3 Å². The first kappa shape index (κ1) is 13.3. The van der Waals surface area contributed by atoms with Crippen molar-refractivity contribution in [1.29, 1.82) is 0 Å².